The van der Waals surface area contributed by atoms with E-state index in [1.807, 2.05) is 0 Å². The molecule has 0 bridgehead atoms. The lowest BCUT2D eigenvalue weighted by Gasteiger charge is -2.09. The molecule has 0 saturated carbocycles. The Morgan fingerprint density at radius 2 is 2.10 bits per heavy atom. The van der Waals surface area contributed by atoms with Crippen LogP contribution in [0.15, 0.2) is 36.8 Å². The molecule has 0 aliphatic rings. The summed E-state index contributed by atoms with van der Waals surface area (Å²) in [6, 6.07) is 5.79. The number of imidazole rings is 1. The van der Waals surface area contributed by atoms with Gasteiger partial charge in [0, 0.05) is 24.9 Å². The largest absolute Gasteiger partial charge is 0.478 e. The average molecular weight is 274 g/mol. The van der Waals surface area contributed by atoms with Crippen LogP contribution in [0.25, 0.3) is 0 Å². The molecule has 7 heteroatoms. The second-order valence-electron chi connectivity index (χ2n) is 4.06. The van der Waals surface area contributed by atoms with Gasteiger partial charge >= 0.3 is 12.0 Å². The maximum Gasteiger partial charge on any atom is 0.337 e. The molecule has 0 fully saturated rings. The van der Waals surface area contributed by atoms with Crippen LogP contribution in [0.1, 0.15) is 16.1 Å². The first-order valence-electron chi connectivity index (χ1n) is 6.01. The van der Waals surface area contributed by atoms with Gasteiger partial charge < -0.3 is 20.7 Å². The molecule has 2 rings (SSSR count). The van der Waals surface area contributed by atoms with Crippen LogP contribution in [0.2, 0.25) is 0 Å². The summed E-state index contributed by atoms with van der Waals surface area (Å²) < 4.78 is 0. The number of aromatic amines is 1. The predicted octanol–water partition coefficient (Wildman–Crippen LogP) is 1.47. The number of para-hydroxylation sites is 1. The van der Waals surface area contributed by atoms with E-state index < -0.39 is 12.0 Å². The maximum atomic E-state index is 11.7. The molecule has 0 saturated heterocycles. The normalized spacial score (nSPS) is 10.0. The number of urea groups is 1. The predicted molar refractivity (Wildman–Crippen MR) is 72.7 cm³/mol. The maximum absolute atomic E-state index is 11.7. The van der Waals surface area contributed by atoms with E-state index in [0.29, 0.717) is 13.0 Å². The first-order chi connectivity index (χ1) is 9.66. The zero-order valence-corrected chi connectivity index (χ0v) is 10.6. The van der Waals surface area contributed by atoms with Gasteiger partial charge in [-0.3, -0.25) is 0 Å². The number of amides is 2. The molecule has 104 valence electrons. The Morgan fingerprint density at radius 3 is 2.80 bits per heavy atom. The van der Waals surface area contributed by atoms with Crippen molar-refractivity contribution < 1.29 is 14.7 Å². The highest BCUT2D eigenvalue weighted by atomic mass is 16.4. The van der Waals surface area contributed by atoms with Gasteiger partial charge in [0.05, 0.1) is 17.6 Å². The fourth-order valence-electron chi connectivity index (χ4n) is 1.68. The molecular weight excluding hydrogens is 260 g/mol. The summed E-state index contributed by atoms with van der Waals surface area (Å²) >= 11 is 0. The molecule has 1 aromatic carbocycles. The lowest BCUT2D eigenvalue weighted by molar-refractivity contribution is 0.0698. The quantitative estimate of drug-likeness (QED) is 0.662. The number of rotatable bonds is 5. The second kappa shape index (κ2) is 6.37. The minimum atomic E-state index is -1.08. The number of nitrogens with one attached hydrogen (secondary N) is 3. The Hall–Kier alpha value is -2.83. The number of nitrogens with zero attached hydrogens (tertiary/aromatic N) is 1. The summed E-state index contributed by atoms with van der Waals surface area (Å²) in [6.07, 6.45) is 3.87. The van der Waals surface area contributed by atoms with Crippen molar-refractivity contribution in [2.24, 2.45) is 0 Å². The van der Waals surface area contributed by atoms with Gasteiger partial charge in [0.25, 0.3) is 0 Å². The van der Waals surface area contributed by atoms with Crippen LogP contribution < -0.4 is 10.6 Å². The van der Waals surface area contributed by atoms with E-state index in [9.17, 15) is 9.59 Å². The minimum absolute atomic E-state index is 0.0521. The van der Waals surface area contributed by atoms with Crippen molar-refractivity contribution in [1.29, 1.82) is 0 Å². The van der Waals surface area contributed by atoms with Crippen molar-refractivity contribution in [2.45, 2.75) is 6.42 Å². The van der Waals surface area contributed by atoms with Gasteiger partial charge in [0.2, 0.25) is 0 Å². The molecule has 0 aliphatic heterocycles. The molecule has 0 spiro atoms. The van der Waals surface area contributed by atoms with Crippen molar-refractivity contribution in [3.8, 4) is 0 Å². The molecule has 1 heterocycles. The summed E-state index contributed by atoms with van der Waals surface area (Å²) in [7, 11) is 0. The lowest BCUT2D eigenvalue weighted by Crippen LogP contribution is -2.31. The van der Waals surface area contributed by atoms with Crippen molar-refractivity contribution in [3.05, 3.63) is 48.0 Å². The summed E-state index contributed by atoms with van der Waals surface area (Å²) in [5, 5.41) is 14.2. The van der Waals surface area contributed by atoms with Crippen molar-refractivity contribution in [3.63, 3.8) is 0 Å². The first kappa shape index (κ1) is 13.6. The number of H-pyrrole nitrogens is 1. The number of benzene rings is 1. The monoisotopic (exact) mass is 274 g/mol. The van der Waals surface area contributed by atoms with Crippen LogP contribution >= 0.6 is 0 Å². The van der Waals surface area contributed by atoms with E-state index in [4.69, 9.17) is 5.11 Å². The molecule has 1 aromatic heterocycles. The van der Waals surface area contributed by atoms with E-state index in [2.05, 4.69) is 20.6 Å². The SMILES string of the molecule is O=C(NCCc1cnc[nH]1)Nc1ccccc1C(=O)O. The van der Waals surface area contributed by atoms with Crippen LogP contribution in [-0.4, -0.2) is 33.6 Å². The highest BCUT2D eigenvalue weighted by Crippen LogP contribution is 2.14. The Kier molecular flexibility index (Phi) is 4.33. The second-order valence-corrected chi connectivity index (χ2v) is 4.06. The highest BCUT2D eigenvalue weighted by molar-refractivity contribution is 5.99. The lowest BCUT2D eigenvalue weighted by atomic mass is 10.2. The summed E-state index contributed by atoms with van der Waals surface area (Å²) in [6.45, 7) is 0.420. The van der Waals surface area contributed by atoms with Crippen LogP contribution in [0.4, 0.5) is 10.5 Å². The van der Waals surface area contributed by atoms with Gasteiger partial charge in [-0.1, -0.05) is 12.1 Å². The zero-order valence-electron chi connectivity index (χ0n) is 10.6. The number of carboxylic acid groups (broad SMARTS) is 1. The number of hydrogen-bond acceptors (Lipinski definition) is 3. The standard InChI is InChI=1S/C13H14N4O3/c18-12(19)10-3-1-2-4-11(10)17-13(20)15-6-5-9-7-14-8-16-9/h1-4,7-8H,5-6H2,(H,14,16)(H,18,19)(H2,15,17,20). The molecular formula is C13H14N4O3. The van der Waals surface area contributed by atoms with Crippen LogP contribution in [-0.2, 0) is 6.42 Å². The highest BCUT2D eigenvalue weighted by Gasteiger charge is 2.11. The number of carbonyl (C=O) groups is 2. The fourth-order valence-corrected chi connectivity index (χ4v) is 1.68. The molecule has 2 aromatic rings. The van der Waals surface area contributed by atoms with Crippen molar-refractivity contribution in [2.75, 3.05) is 11.9 Å². The number of aromatic carboxylic acids is 1. The molecule has 7 nitrogen and oxygen atoms in total. The average Bonchev–Trinajstić information content (AvgIpc) is 2.92. The summed E-state index contributed by atoms with van der Waals surface area (Å²) in [5.41, 5.74) is 1.23. The van der Waals surface area contributed by atoms with Gasteiger partial charge in [0.1, 0.15) is 0 Å². The molecule has 0 unspecified atom stereocenters. The Balaban J connectivity index is 1.87. The van der Waals surface area contributed by atoms with Gasteiger partial charge in [-0.05, 0) is 12.1 Å². The van der Waals surface area contributed by atoms with Crippen LogP contribution in [0.5, 0.6) is 0 Å². The Bertz CT molecular complexity index is 595. The van der Waals surface area contributed by atoms with Crippen LogP contribution in [0, 0.1) is 0 Å². The summed E-state index contributed by atoms with van der Waals surface area (Å²) in [5.74, 6) is -1.08. The van der Waals surface area contributed by atoms with Gasteiger partial charge in [-0.2, -0.15) is 0 Å². The smallest absolute Gasteiger partial charge is 0.337 e. The van der Waals surface area contributed by atoms with Crippen LogP contribution in [0.3, 0.4) is 0 Å². The van der Waals surface area contributed by atoms with Crippen molar-refractivity contribution >= 4 is 17.7 Å². The van der Waals surface area contributed by atoms with E-state index >= 15 is 0 Å². The molecule has 0 atom stereocenters. The third-order valence-corrected chi connectivity index (χ3v) is 2.64. The molecule has 0 radical (unpaired) electrons. The van der Waals surface area contributed by atoms with E-state index in [0.717, 1.165) is 5.69 Å². The number of carbonyl (C=O) groups excluding carboxylic acids is 1. The van der Waals surface area contributed by atoms with Gasteiger partial charge in [-0.15, -0.1) is 0 Å². The third-order valence-electron chi connectivity index (χ3n) is 2.64. The fraction of sp³-hybridized carbons (Fsp3) is 0.154. The first-order valence-corrected chi connectivity index (χ1v) is 6.01. The topological polar surface area (TPSA) is 107 Å². The van der Waals surface area contributed by atoms with E-state index in [1.54, 1.807) is 24.7 Å². The van der Waals surface area contributed by atoms with E-state index in [1.165, 1.54) is 12.1 Å². The Labute approximate surface area is 115 Å². The number of carboxylic acids is 1. The third kappa shape index (κ3) is 3.58. The Morgan fingerprint density at radius 1 is 1.30 bits per heavy atom. The number of anilines is 1. The van der Waals surface area contributed by atoms with Gasteiger partial charge in [0.15, 0.2) is 0 Å². The molecule has 20 heavy (non-hydrogen) atoms. The minimum Gasteiger partial charge on any atom is -0.478 e. The number of aromatic nitrogens is 2. The number of hydrogen-bond donors (Lipinski definition) is 4. The van der Waals surface area contributed by atoms with Gasteiger partial charge in [-0.25, -0.2) is 14.6 Å². The summed E-state index contributed by atoms with van der Waals surface area (Å²) in [4.78, 5) is 29.5. The molecule has 2 amide bonds. The molecule has 4 N–H and O–H groups in total. The van der Waals surface area contributed by atoms with Crippen molar-refractivity contribution in [1.82, 2.24) is 15.3 Å². The molecule has 0 aliphatic carbocycles. The zero-order chi connectivity index (χ0) is 14.4. The van der Waals surface area contributed by atoms with E-state index in [-0.39, 0.29) is 11.3 Å².